The number of amides is 1. The number of cyclic esters (lactones) is 1. The average Bonchev–Trinajstić information content (AvgIpc) is 3.19. The second kappa shape index (κ2) is 12.2. The molecule has 0 bridgehead atoms. The van der Waals surface area contributed by atoms with Crippen molar-refractivity contribution in [3.63, 3.8) is 0 Å². The number of carbonyl (C=O) groups excluding carboxylic acids is 1. The summed E-state index contributed by atoms with van der Waals surface area (Å²) in [4.78, 5) is 13.9. The number of methoxy groups -OCH3 is 1. The predicted molar refractivity (Wildman–Crippen MR) is 151 cm³/mol. The minimum Gasteiger partial charge on any atom is -0.496 e. The van der Waals surface area contributed by atoms with Gasteiger partial charge in [-0.05, 0) is 83.0 Å². The van der Waals surface area contributed by atoms with Crippen molar-refractivity contribution < 1.29 is 58.2 Å². The lowest BCUT2D eigenvalue weighted by Gasteiger charge is -2.25. The molecule has 1 saturated heterocycles. The van der Waals surface area contributed by atoms with Crippen molar-refractivity contribution in [3.8, 4) is 16.9 Å². The van der Waals surface area contributed by atoms with Crippen LogP contribution in [0.25, 0.3) is 11.1 Å². The van der Waals surface area contributed by atoms with Gasteiger partial charge in [0.05, 0.1) is 29.8 Å². The maximum atomic E-state index is 14.8. The molecule has 1 heterocycles. The number of carbonyl (C=O) groups is 1. The van der Waals surface area contributed by atoms with Gasteiger partial charge in [-0.3, -0.25) is 4.90 Å². The van der Waals surface area contributed by atoms with Gasteiger partial charge in [-0.15, -0.1) is 0 Å². The Kier molecular flexibility index (Phi) is 9.37. The van der Waals surface area contributed by atoms with Gasteiger partial charge in [-0.2, -0.15) is 39.5 Å². The van der Waals surface area contributed by atoms with Gasteiger partial charge in [-0.25, -0.2) is 9.18 Å². The van der Waals surface area contributed by atoms with E-state index in [1.807, 2.05) is 0 Å². The Balaban J connectivity index is 1.87. The lowest BCUT2D eigenvalue weighted by atomic mass is 9.88. The molecule has 0 aromatic heterocycles. The zero-order valence-corrected chi connectivity index (χ0v) is 26.0. The standard InChI is InChI=1S/C30H24F10INO3/c1-13(2)19-10-20(24(44-4)11-22(19)31)25-21(8-18(9-23(25)41)30(38,39)40)26-14(3)42(27(43)45-26)12-15-5-16(28(32,33)34)7-17(6-15)29(35,36)37/h5-11,13-14,26H,12H2,1-4H3/t14-,26-/m1/s1. The SMILES string of the molecule is COc1cc(F)c(C(C)C)cc1-c1c(I)cc(C(F)(F)F)cc1[C@@H]1OC(=O)N(Cc2cc(C(F)(F)F)cc(C(F)(F)F)c2)[C@@H]1C. The highest BCUT2D eigenvalue weighted by Gasteiger charge is 2.44. The molecule has 0 spiro atoms. The van der Waals surface area contributed by atoms with E-state index in [4.69, 9.17) is 9.47 Å². The first-order valence-electron chi connectivity index (χ1n) is 13.2. The Morgan fingerprint density at radius 1 is 0.867 bits per heavy atom. The fraction of sp³-hybridized carbons (Fsp3) is 0.367. The Labute approximate surface area is 264 Å². The Bertz CT molecular complexity index is 1580. The molecule has 0 radical (unpaired) electrons. The lowest BCUT2D eigenvalue weighted by molar-refractivity contribution is -0.143. The molecular formula is C30H24F10INO3. The third-order valence-electron chi connectivity index (χ3n) is 7.36. The normalized spacial score (nSPS) is 17.7. The van der Waals surface area contributed by atoms with Crippen LogP contribution in [0.4, 0.5) is 48.7 Å². The van der Waals surface area contributed by atoms with Crippen molar-refractivity contribution >= 4 is 28.7 Å². The molecule has 0 aliphatic carbocycles. The maximum Gasteiger partial charge on any atom is 0.416 e. The monoisotopic (exact) mass is 763 g/mol. The van der Waals surface area contributed by atoms with E-state index < -0.39 is 71.4 Å². The van der Waals surface area contributed by atoms with E-state index >= 15 is 0 Å². The fourth-order valence-electron chi connectivity index (χ4n) is 5.12. The number of benzene rings is 3. The van der Waals surface area contributed by atoms with Crippen molar-refractivity contribution in [2.24, 2.45) is 0 Å². The molecule has 0 unspecified atom stereocenters. The molecule has 0 N–H and O–H groups in total. The van der Waals surface area contributed by atoms with E-state index in [1.54, 1.807) is 36.4 Å². The molecule has 15 heteroatoms. The van der Waals surface area contributed by atoms with Crippen LogP contribution in [-0.2, 0) is 29.8 Å². The van der Waals surface area contributed by atoms with Crippen molar-refractivity contribution in [2.45, 2.75) is 63.9 Å². The van der Waals surface area contributed by atoms with Crippen LogP contribution < -0.4 is 4.74 Å². The third-order valence-corrected chi connectivity index (χ3v) is 8.21. The molecular weight excluding hydrogens is 739 g/mol. The van der Waals surface area contributed by atoms with Gasteiger partial charge in [0.2, 0.25) is 0 Å². The summed E-state index contributed by atoms with van der Waals surface area (Å²) in [7, 11) is 1.23. The number of alkyl halides is 9. The molecule has 4 rings (SSSR count). The molecule has 1 amide bonds. The number of halogens is 11. The number of nitrogens with zero attached hydrogens (tertiary/aromatic N) is 1. The van der Waals surface area contributed by atoms with E-state index in [0.29, 0.717) is 12.1 Å². The molecule has 4 nitrogen and oxygen atoms in total. The highest BCUT2D eigenvalue weighted by Crippen LogP contribution is 2.47. The second-order valence-corrected chi connectivity index (χ2v) is 11.9. The average molecular weight is 763 g/mol. The summed E-state index contributed by atoms with van der Waals surface area (Å²) in [6.45, 7) is 3.96. The highest BCUT2D eigenvalue weighted by molar-refractivity contribution is 14.1. The fourth-order valence-corrected chi connectivity index (χ4v) is 6.06. The molecule has 3 aromatic carbocycles. The van der Waals surface area contributed by atoms with Crippen LogP contribution in [0.1, 0.15) is 66.2 Å². The smallest absolute Gasteiger partial charge is 0.416 e. The molecule has 3 aromatic rings. The van der Waals surface area contributed by atoms with Crippen molar-refractivity contribution in [1.29, 1.82) is 0 Å². The summed E-state index contributed by atoms with van der Waals surface area (Å²) in [6.07, 6.45) is -17.8. The third kappa shape index (κ3) is 7.12. The summed E-state index contributed by atoms with van der Waals surface area (Å²) in [5.41, 5.74) is -4.47. The number of hydrogen-bond acceptors (Lipinski definition) is 3. The molecule has 45 heavy (non-hydrogen) atoms. The molecule has 1 aliphatic rings. The molecule has 0 saturated carbocycles. The van der Waals surface area contributed by atoms with E-state index in [1.165, 1.54) is 20.1 Å². The van der Waals surface area contributed by atoms with Crippen LogP contribution in [0.15, 0.2) is 42.5 Å². The Hall–Kier alpha value is -3.24. The molecule has 1 fully saturated rings. The van der Waals surface area contributed by atoms with Crippen molar-refractivity contribution in [2.75, 3.05) is 7.11 Å². The van der Waals surface area contributed by atoms with Crippen LogP contribution >= 0.6 is 22.6 Å². The van der Waals surface area contributed by atoms with E-state index in [0.717, 1.165) is 23.1 Å². The topological polar surface area (TPSA) is 38.8 Å². The minimum atomic E-state index is -5.14. The summed E-state index contributed by atoms with van der Waals surface area (Å²) >= 11 is 1.65. The maximum absolute atomic E-state index is 14.8. The summed E-state index contributed by atoms with van der Waals surface area (Å²) in [5, 5.41) is 0. The number of rotatable bonds is 6. The second-order valence-electron chi connectivity index (χ2n) is 10.7. The van der Waals surface area contributed by atoms with Gasteiger partial charge in [0, 0.05) is 32.9 Å². The zero-order chi connectivity index (χ0) is 33.8. The van der Waals surface area contributed by atoms with E-state index in [9.17, 15) is 48.7 Å². The first kappa shape index (κ1) is 34.6. The van der Waals surface area contributed by atoms with Crippen LogP contribution in [0.5, 0.6) is 5.75 Å². The van der Waals surface area contributed by atoms with Gasteiger partial charge in [0.25, 0.3) is 0 Å². The van der Waals surface area contributed by atoms with Crippen LogP contribution in [0, 0.1) is 9.39 Å². The summed E-state index contributed by atoms with van der Waals surface area (Å²) in [6, 6.07) is 3.76. The highest BCUT2D eigenvalue weighted by atomic mass is 127. The van der Waals surface area contributed by atoms with Gasteiger partial charge in [-0.1, -0.05) is 13.8 Å². The van der Waals surface area contributed by atoms with Gasteiger partial charge < -0.3 is 9.47 Å². The van der Waals surface area contributed by atoms with Crippen LogP contribution in [0.2, 0.25) is 0 Å². The zero-order valence-electron chi connectivity index (χ0n) is 23.8. The van der Waals surface area contributed by atoms with Gasteiger partial charge in [0.15, 0.2) is 0 Å². The molecule has 1 aliphatic heterocycles. The Morgan fingerprint density at radius 2 is 1.40 bits per heavy atom. The minimum absolute atomic E-state index is 0.0337. The van der Waals surface area contributed by atoms with Gasteiger partial charge >= 0.3 is 24.6 Å². The number of hydrogen-bond donors (Lipinski definition) is 0. The first-order chi connectivity index (χ1) is 20.6. The molecule has 244 valence electrons. The van der Waals surface area contributed by atoms with Gasteiger partial charge in [0.1, 0.15) is 17.7 Å². The first-order valence-corrected chi connectivity index (χ1v) is 14.2. The largest absolute Gasteiger partial charge is 0.496 e. The summed E-state index contributed by atoms with van der Waals surface area (Å²) < 4.78 is 148. The van der Waals surface area contributed by atoms with E-state index in [2.05, 4.69) is 0 Å². The van der Waals surface area contributed by atoms with Crippen LogP contribution in [-0.4, -0.2) is 24.1 Å². The number of ether oxygens (including phenoxy) is 2. The summed E-state index contributed by atoms with van der Waals surface area (Å²) in [5.74, 6) is -1.01. The quantitative estimate of drug-likeness (QED) is 0.185. The molecule has 2 atom stereocenters. The van der Waals surface area contributed by atoms with E-state index in [-0.39, 0.29) is 43.6 Å². The van der Waals surface area contributed by atoms with Crippen molar-refractivity contribution in [3.05, 3.63) is 85.2 Å². The lowest BCUT2D eigenvalue weighted by Crippen LogP contribution is -2.32. The predicted octanol–water partition coefficient (Wildman–Crippen LogP) is 10.4. The van der Waals surface area contributed by atoms with Crippen LogP contribution in [0.3, 0.4) is 0 Å². The van der Waals surface area contributed by atoms with Crippen molar-refractivity contribution in [1.82, 2.24) is 4.90 Å². The Morgan fingerprint density at radius 3 is 1.89 bits per heavy atom.